The van der Waals surface area contributed by atoms with Crippen LogP contribution in [0, 0.1) is 0 Å². The third-order valence-corrected chi connectivity index (χ3v) is 8.72. The van der Waals surface area contributed by atoms with Gasteiger partial charge in [0, 0.05) is 20.3 Å². The molecule has 0 aromatic heterocycles. The monoisotopic (exact) mass is 434 g/mol. The van der Waals surface area contributed by atoms with Crippen LogP contribution < -0.4 is 0 Å². The molecule has 0 N–H and O–H groups in total. The van der Waals surface area contributed by atoms with Crippen molar-refractivity contribution < 1.29 is 0 Å². The summed E-state index contributed by atoms with van der Waals surface area (Å²) in [6, 6.07) is 40.0. The number of thioether (sulfide) groups is 2. The summed E-state index contributed by atoms with van der Waals surface area (Å²) in [5.74, 6) is 0. The highest BCUT2D eigenvalue weighted by molar-refractivity contribution is 8.01. The van der Waals surface area contributed by atoms with Crippen LogP contribution in [0.2, 0.25) is 0 Å². The van der Waals surface area contributed by atoms with Crippen molar-refractivity contribution in [1.82, 2.24) is 0 Å². The van der Waals surface area contributed by atoms with Crippen molar-refractivity contribution >= 4 is 45.1 Å². The zero-order valence-corrected chi connectivity index (χ0v) is 18.7. The minimum atomic E-state index is 0.425. The van der Waals surface area contributed by atoms with E-state index in [2.05, 4.69) is 109 Å². The van der Waals surface area contributed by atoms with Gasteiger partial charge in [0.05, 0.1) is 0 Å². The Kier molecular flexibility index (Phi) is 4.98. The van der Waals surface area contributed by atoms with Crippen molar-refractivity contribution in [3.05, 3.63) is 120 Å². The first-order valence-electron chi connectivity index (χ1n) is 10.7. The Labute approximate surface area is 191 Å². The van der Waals surface area contributed by atoms with Crippen LogP contribution in [-0.4, -0.2) is 0 Å². The van der Waals surface area contributed by atoms with E-state index in [-0.39, 0.29) is 0 Å². The van der Waals surface area contributed by atoms with E-state index in [1.165, 1.54) is 42.5 Å². The number of hydrogen-bond acceptors (Lipinski definition) is 2. The van der Waals surface area contributed by atoms with E-state index in [1.54, 1.807) is 0 Å². The fourth-order valence-corrected chi connectivity index (χ4v) is 7.55. The van der Waals surface area contributed by atoms with Gasteiger partial charge in [0.1, 0.15) is 0 Å². The summed E-state index contributed by atoms with van der Waals surface area (Å²) in [5.41, 5.74) is 2.93. The summed E-state index contributed by atoms with van der Waals surface area (Å²) < 4.78 is 0. The molecule has 1 aliphatic rings. The number of hydrogen-bond donors (Lipinski definition) is 0. The van der Waals surface area contributed by atoms with Crippen LogP contribution in [0.4, 0.5) is 0 Å². The molecule has 0 nitrogen and oxygen atoms in total. The van der Waals surface area contributed by atoms with Crippen molar-refractivity contribution in [2.24, 2.45) is 0 Å². The summed E-state index contributed by atoms with van der Waals surface area (Å²) in [5, 5.41) is 6.26. The second-order valence-electron chi connectivity index (χ2n) is 8.07. The van der Waals surface area contributed by atoms with Crippen molar-refractivity contribution in [1.29, 1.82) is 0 Å². The molecule has 0 spiro atoms. The van der Waals surface area contributed by atoms with Crippen LogP contribution in [0.5, 0.6) is 0 Å². The van der Waals surface area contributed by atoms with Crippen LogP contribution in [-0.2, 0) is 0 Å². The fourth-order valence-electron chi connectivity index (χ4n) is 4.61. The molecule has 2 atom stereocenters. The highest BCUT2D eigenvalue weighted by Crippen LogP contribution is 2.56. The Bertz CT molecular complexity index is 1370. The summed E-state index contributed by atoms with van der Waals surface area (Å²) in [7, 11) is 0. The molecule has 0 fully saturated rings. The molecule has 1 heterocycles. The minimum Gasteiger partial charge on any atom is -0.118 e. The Morgan fingerprint density at radius 2 is 1.35 bits per heavy atom. The Morgan fingerprint density at radius 3 is 2.23 bits per heavy atom. The van der Waals surface area contributed by atoms with E-state index in [1.807, 2.05) is 23.5 Å². The molecular formula is C29H22S2. The molecule has 2 heteroatoms. The Morgan fingerprint density at radius 1 is 0.645 bits per heavy atom. The van der Waals surface area contributed by atoms with Crippen LogP contribution in [0.15, 0.2) is 119 Å². The highest BCUT2D eigenvalue weighted by Gasteiger charge is 2.30. The van der Waals surface area contributed by atoms with Crippen molar-refractivity contribution in [3.8, 4) is 0 Å². The molecule has 0 saturated carbocycles. The third kappa shape index (κ3) is 3.64. The molecule has 0 radical (unpaired) electrons. The molecule has 6 rings (SSSR count). The SMILES string of the molecule is c1ccc(C2CC(Sc3ccc4ccccc4c3)c3c(ccc4ccccc34)S2)cc1. The van der Waals surface area contributed by atoms with Crippen molar-refractivity contribution in [2.75, 3.05) is 0 Å². The summed E-state index contributed by atoms with van der Waals surface area (Å²) in [4.78, 5) is 2.78. The van der Waals surface area contributed by atoms with E-state index >= 15 is 0 Å². The first-order chi connectivity index (χ1) is 15.3. The molecule has 31 heavy (non-hydrogen) atoms. The molecule has 5 aromatic carbocycles. The Balaban J connectivity index is 1.45. The van der Waals surface area contributed by atoms with Gasteiger partial charge in [0.2, 0.25) is 0 Å². The zero-order chi connectivity index (χ0) is 20.6. The van der Waals surface area contributed by atoms with E-state index in [0.717, 1.165) is 6.42 Å². The maximum atomic E-state index is 2.35. The third-order valence-electron chi connectivity index (χ3n) is 6.12. The quantitative estimate of drug-likeness (QED) is 0.278. The van der Waals surface area contributed by atoms with E-state index in [4.69, 9.17) is 0 Å². The van der Waals surface area contributed by atoms with Crippen molar-refractivity contribution in [3.63, 3.8) is 0 Å². The first kappa shape index (κ1) is 19.0. The lowest BCUT2D eigenvalue weighted by Gasteiger charge is -2.32. The first-order valence-corrected chi connectivity index (χ1v) is 12.5. The van der Waals surface area contributed by atoms with Crippen LogP contribution in [0.1, 0.15) is 28.0 Å². The van der Waals surface area contributed by atoms with Gasteiger partial charge in [0.25, 0.3) is 0 Å². The van der Waals surface area contributed by atoms with Gasteiger partial charge in [-0.2, -0.15) is 0 Å². The van der Waals surface area contributed by atoms with Gasteiger partial charge in [-0.15, -0.1) is 23.5 Å². The van der Waals surface area contributed by atoms with Gasteiger partial charge >= 0.3 is 0 Å². The second-order valence-corrected chi connectivity index (χ2v) is 10.6. The van der Waals surface area contributed by atoms with E-state index < -0.39 is 0 Å². The maximum absolute atomic E-state index is 2.35. The summed E-state index contributed by atoms with van der Waals surface area (Å²) >= 11 is 4.05. The van der Waals surface area contributed by atoms with Crippen molar-refractivity contribution in [2.45, 2.75) is 26.7 Å². The topological polar surface area (TPSA) is 0 Å². The standard InChI is InChI=1S/C29H22S2/c1-2-10-22(11-3-1)27-19-28(30-24-16-14-20-8-4-5-12-23(20)18-24)29-25-13-7-6-9-21(25)15-17-26(29)31-27/h1-18,27-28H,19H2. The van der Waals surface area contributed by atoms with Crippen LogP contribution in [0.25, 0.3) is 21.5 Å². The highest BCUT2D eigenvalue weighted by atomic mass is 32.2. The molecule has 1 aliphatic heterocycles. The Hall–Kier alpha value is -2.68. The average Bonchev–Trinajstić information content (AvgIpc) is 2.84. The number of fused-ring (bicyclic) bond motifs is 4. The smallest absolute Gasteiger partial charge is 0.0375 e. The lowest BCUT2D eigenvalue weighted by atomic mass is 9.97. The van der Waals surface area contributed by atoms with Crippen LogP contribution >= 0.6 is 23.5 Å². The van der Waals surface area contributed by atoms with E-state index in [0.29, 0.717) is 10.5 Å². The maximum Gasteiger partial charge on any atom is 0.0375 e. The number of benzene rings is 5. The molecule has 0 amide bonds. The lowest BCUT2D eigenvalue weighted by Crippen LogP contribution is -2.09. The largest absolute Gasteiger partial charge is 0.118 e. The molecule has 5 aromatic rings. The molecule has 150 valence electrons. The van der Waals surface area contributed by atoms with Gasteiger partial charge < -0.3 is 0 Å². The predicted octanol–water partition coefficient (Wildman–Crippen LogP) is 9.06. The lowest BCUT2D eigenvalue weighted by molar-refractivity contribution is 0.760. The zero-order valence-electron chi connectivity index (χ0n) is 17.1. The van der Waals surface area contributed by atoms with Gasteiger partial charge in [-0.1, -0.05) is 91.0 Å². The fraction of sp³-hybridized carbons (Fsp3) is 0.103. The summed E-state index contributed by atoms with van der Waals surface area (Å²) in [6.07, 6.45) is 1.13. The average molecular weight is 435 g/mol. The molecular weight excluding hydrogens is 412 g/mol. The minimum absolute atomic E-state index is 0.425. The molecule has 0 saturated heterocycles. The van der Waals surface area contributed by atoms with Gasteiger partial charge in [-0.3, -0.25) is 0 Å². The molecule has 2 unspecified atom stereocenters. The second kappa shape index (κ2) is 8.11. The van der Waals surface area contributed by atoms with Gasteiger partial charge in [0.15, 0.2) is 0 Å². The predicted molar refractivity (Wildman–Crippen MR) is 136 cm³/mol. The molecule has 0 bridgehead atoms. The van der Waals surface area contributed by atoms with Crippen LogP contribution in [0.3, 0.4) is 0 Å². The normalized spacial score (nSPS) is 18.2. The van der Waals surface area contributed by atoms with Gasteiger partial charge in [-0.25, -0.2) is 0 Å². The van der Waals surface area contributed by atoms with Gasteiger partial charge in [-0.05, 0) is 57.3 Å². The van der Waals surface area contributed by atoms with E-state index in [9.17, 15) is 0 Å². The molecule has 0 aliphatic carbocycles. The summed E-state index contributed by atoms with van der Waals surface area (Å²) in [6.45, 7) is 0. The number of rotatable bonds is 3.